The number of alkyl carbamates (subject to hydrolysis) is 1. The Labute approximate surface area is 129 Å². The lowest BCUT2D eigenvalue weighted by Gasteiger charge is -2.21. The van der Waals surface area contributed by atoms with E-state index in [2.05, 4.69) is 10.0 Å². The van der Waals surface area contributed by atoms with Crippen molar-refractivity contribution in [1.82, 2.24) is 10.0 Å². The number of amides is 2. The highest BCUT2D eigenvalue weighted by Crippen LogP contribution is 2.04. The summed E-state index contributed by atoms with van der Waals surface area (Å²) in [6.45, 7) is 1.81. The van der Waals surface area contributed by atoms with Gasteiger partial charge in [0.15, 0.2) is 6.29 Å². The van der Waals surface area contributed by atoms with Crippen LogP contribution in [0.1, 0.15) is 19.8 Å². The van der Waals surface area contributed by atoms with Crippen molar-refractivity contribution < 1.29 is 28.9 Å². The molecule has 0 fully saturated rings. The van der Waals surface area contributed by atoms with E-state index in [0.717, 1.165) is 0 Å². The summed E-state index contributed by atoms with van der Waals surface area (Å²) in [6.07, 6.45) is 0.759. The Bertz CT molecular complexity index is 301. The SMILES string of the molecule is CCC(CO)OC(COC(=O)NCCC(=O)NSC)OC. The number of ether oxygens (including phenoxy) is 3. The van der Waals surface area contributed by atoms with E-state index >= 15 is 0 Å². The Kier molecular flexibility index (Phi) is 12.1. The molecule has 0 saturated heterocycles. The first kappa shape index (κ1) is 20.0. The highest BCUT2D eigenvalue weighted by Gasteiger charge is 2.16. The van der Waals surface area contributed by atoms with Crippen molar-refractivity contribution in [1.29, 1.82) is 0 Å². The fraction of sp³-hybridized carbons (Fsp3) is 0.833. The monoisotopic (exact) mass is 324 g/mol. The molecule has 0 bridgehead atoms. The number of rotatable bonds is 11. The van der Waals surface area contributed by atoms with Gasteiger partial charge in [-0.2, -0.15) is 0 Å². The summed E-state index contributed by atoms with van der Waals surface area (Å²) < 4.78 is 17.8. The standard InChI is InChI=1S/C12H24N2O6S/c1-4-9(7-15)20-11(18-2)8-19-12(17)13-6-5-10(16)14-21-3/h9,11,15H,4-8H2,1-3H3,(H,13,17)(H,14,16). The topological polar surface area (TPSA) is 106 Å². The minimum Gasteiger partial charge on any atom is -0.444 e. The number of hydrogen-bond donors (Lipinski definition) is 3. The average Bonchev–Trinajstić information content (AvgIpc) is 2.48. The average molecular weight is 324 g/mol. The fourth-order valence-corrected chi connectivity index (χ4v) is 1.61. The molecular formula is C12H24N2O6S. The molecule has 0 aromatic heterocycles. The Morgan fingerprint density at radius 2 is 2.10 bits per heavy atom. The molecule has 3 N–H and O–H groups in total. The number of carbonyl (C=O) groups is 2. The van der Waals surface area contributed by atoms with Crippen LogP contribution in [0.3, 0.4) is 0 Å². The van der Waals surface area contributed by atoms with Gasteiger partial charge in [-0.25, -0.2) is 4.79 Å². The largest absolute Gasteiger partial charge is 0.444 e. The smallest absolute Gasteiger partial charge is 0.407 e. The van der Waals surface area contributed by atoms with Crippen LogP contribution in [0.4, 0.5) is 4.79 Å². The molecule has 8 nitrogen and oxygen atoms in total. The third-order valence-electron chi connectivity index (χ3n) is 2.45. The molecule has 0 aromatic carbocycles. The zero-order chi connectivity index (χ0) is 16.1. The first-order chi connectivity index (χ1) is 10.1. The molecule has 9 heteroatoms. The Morgan fingerprint density at radius 1 is 1.38 bits per heavy atom. The molecule has 0 aromatic rings. The normalized spacial score (nSPS) is 13.3. The summed E-state index contributed by atoms with van der Waals surface area (Å²) in [7, 11) is 1.42. The van der Waals surface area contributed by atoms with Crippen molar-refractivity contribution in [2.45, 2.75) is 32.2 Å². The first-order valence-electron chi connectivity index (χ1n) is 6.58. The van der Waals surface area contributed by atoms with Gasteiger partial charge in [0.05, 0.1) is 12.7 Å². The van der Waals surface area contributed by atoms with Gasteiger partial charge >= 0.3 is 6.09 Å². The van der Waals surface area contributed by atoms with Crippen LogP contribution in [0.25, 0.3) is 0 Å². The van der Waals surface area contributed by atoms with Crippen molar-refractivity contribution >= 4 is 23.9 Å². The van der Waals surface area contributed by atoms with Crippen LogP contribution in [0.15, 0.2) is 0 Å². The second-order valence-corrected chi connectivity index (χ2v) is 4.63. The van der Waals surface area contributed by atoms with Crippen molar-refractivity contribution in [2.24, 2.45) is 0 Å². The van der Waals surface area contributed by atoms with Gasteiger partial charge in [-0.05, 0) is 6.42 Å². The molecule has 2 amide bonds. The van der Waals surface area contributed by atoms with Crippen LogP contribution in [-0.4, -0.2) is 62.6 Å². The molecule has 0 spiro atoms. The predicted molar refractivity (Wildman–Crippen MR) is 78.7 cm³/mol. The van der Waals surface area contributed by atoms with Crippen molar-refractivity contribution in [3.05, 3.63) is 0 Å². The van der Waals surface area contributed by atoms with Gasteiger partial charge in [-0.1, -0.05) is 18.9 Å². The lowest BCUT2D eigenvalue weighted by atomic mass is 10.3. The second kappa shape index (κ2) is 12.7. The maximum atomic E-state index is 11.4. The van der Waals surface area contributed by atoms with Gasteiger partial charge in [-0.15, -0.1) is 0 Å². The Hall–Kier alpha value is -1.03. The lowest BCUT2D eigenvalue weighted by Crippen LogP contribution is -2.34. The van der Waals surface area contributed by atoms with Gasteiger partial charge in [-0.3, -0.25) is 4.79 Å². The quantitative estimate of drug-likeness (QED) is 0.370. The molecule has 2 unspecified atom stereocenters. The van der Waals surface area contributed by atoms with E-state index < -0.39 is 12.4 Å². The van der Waals surface area contributed by atoms with Crippen LogP contribution < -0.4 is 10.0 Å². The minimum atomic E-state index is -0.743. The molecule has 0 saturated carbocycles. The van der Waals surface area contributed by atoms with E-state index in [-0.39, 0.29) is 38.2 Å². The first-order valence-corrected chi connectivity index (χ1v) is 7.81. The number of methoxy groups -OCH3 is 1. The number of aliphatic hydroxyl groups is 1. The zero-order valence-electron chi connectivity index (χ0n) is 12.6. The van der Waals surface area contributed by atoms with Gasteiger partial charge in [0.1, 0.15) is 6.61 Å². The molecule has 0 aliphatic carbocycles. The molecule has 0 aliphatic rings. The Balaban J connectivity index is 3.85. The molecule has 0 rings (SSSR count). The Morgan fingerprint density at radius 3 is 2.62 bits per heavy atom. The highest BCUT2D eigenvalue weighted by molar-refractivity contribution is 7.97. The molecule has 124 valence electrons. The van der Waals surface area contributed by atoms with Crippen molar-refractivity contribution in [2.75, 3.05) is 33.1 Å². The summed E-state index contributed by atoms with van der Waals surface area (Å²) in [5, 5.41) is 11.5. The highest BCUT2D eigenvalue weighted by atomic mass is 32.2. The number of aliphatic hydroxyl groups excluding tert-OH is 1. The van der Waals surface area contributed by atoms with Crippen LogP contribution >= 0.6 is 11.9 Å². The molecule has 0 radical (unpaired) electrons. The summed E-state index contributed by atoms with van der Waals surface area (Å²) in [5.74, 6) is -0.172. The zero-order valence-corrected chi connectivity index (χ0v) is 13.4. The number of carbonyl (C=O) groups excluding carboxylic acids is 2. The van der Waals surface area contributed by atoms with E-state index in [0.29, 0.717) is 6.42 Å². The molecule has 2 atom stereocenters. The molecular weight excluding hydrogens is 300 g/mol. The maximum absolute atomic E-state index is 11.4. The maximum Gasteiger partial charge on any atom is 0.407 e. The van der Waals surface area contributed by atoms with E-state index in [1.807, 2.05) is 6.92 Å². The van der Waals surface area contributed by atoms with Crippen LogP contribution in [-0.2, 0) is 19.0 Å². The van der Waals surface area contributed by atoms with Gasteiger partial charge in [0.25, 0.3) is 0 Å². The summed E-state index contributed by atoms with van der Waals surface area (Å²) in [6, 6.07) is 0. The van der Waals surface area contributed by atoms with Crippen LogP contribution in [0.2, 0.25) is 0 Å². The number of nitrogens with one attached hydrogen (secondary N) is 2. The van der Waals surface area contributed by atoms with Crippen molar-refractivity contribution in [3.8, 4) is 0 Å². The van der Waals surface area contributed by atoms with E-state index in [1.165, 1.54) is 19.1 Å². The molecule has 21 heavy (non-hydrogen) atoms. The number of hydrogen-bond acceptors (Lipinski definition) is 7. The van der Waals surface area contributed by atoms with Crippen LogP contribution in [0, 0.1) is 0 Å². The third-order valence-corrected chi connectivity index (χ3v) is 2.89. The molecule has 0 heterocycles. The fourth-order valence-electron chi connectivity index (χ4n) is 1.28. The lowest BCUT2D eigenvalue weighted by molar-refractivity contribution is -0.181. The molecule has 0 aliphatic heterocycles. The van der Waals surface area contributed by atoms with Gasteiger partial charge in [0.2, 0.25) is 5.91 Å². The van der Waals surface area contributed by atoms with E-state index in [9.17, 15) is 9.59 Å². The van der Waals surface area contributed by atoms with Gasteiger partial charge < -0.3 is 29.4 Å². The summed E-state index contributed by atoms with van der Waals surface area (Å²) >= 11 is 1.20. The third kappa shape index (κ3) is 10.4. The van der Waals surface area contributed by atoms with E-state index in [4.69, 9.17) is 19.3 Å². The summed E-state index contributed by atoms with van der Waals surface area (Å²) in [4.78, 5) is 22.5. The second-order valence-electron chi connectivity index (χ2n) is 4.02. The minimum absolute atomic E-state index is 0.101. The van der Waals surface area contributed by atoms with Crippen LogP contribution in [0.5, 0.6) is 0 Å². The predicted octanol–water partition coefficient (Wildman–Crippen LogP) is 0.257. The van der Waals surface area contributed by atoms with Gasteiger partial charge in [0, 0.05) is 26.3 Å². The van der Waals surface area contributed by atoms with E-state index in [1.54, 1.807) is 6.26 Å². The van der Waals surface area contributed by atoms with Crippen molar-refractivity contribution in [3.63, 3.8) is 0 Å². The summed E-state index contributed by atoms with van der Waals surface area (Å²) in [5.41, 5.74) is 0.